The van der Waals surface area contributed by atoms with Crippen LogP contribution in [0.2, 0.25) is 19.1 Å². The van der Waals surface area contributed by atoms with Crippen LogP contribution in [-0.2, 0) is 9.16 Å². The summed E-state index contributed by atoms with van der Waals surface area (Å²) in [6.07, 6.45) is 13.2. The molecular weight excluding hydrogens is 364 g/mol. The van der Waals surface area contributed by atoms with Crippen molar-refractivity contribution in [1.29, 1.82) is 0 Å². The minimum absolute atomic E-state index is 0.114. The number of hydrogen-bond acceptors (Lipinski definition) is 3. The number of para-hydroxylation sites is 1. The Balaban J connectivity index is 1.98. The molecule has 1 unspecified atom stereocenters. The van der Waals surface area contributed by atoms with Gasteiger partial charge in [0.2, 0.25) is 0 Å². The van der Waals surface area contributed by atoms with E-state index in [0.29, 0.717) is 13.2 Å². The molecule has 0 heterocycles. The van der Waals surface area contributed by atoms with Gasteiger partial charge in [-0.05, 0) is 38.2 Å². The molecule has 0 aliphatic rings. The number of rotatable bonds is 18. The molecule has 28 heavy (non-hydrogen) atoms. The summed E-state index contributed by atoms with van der Waals surface area (Å²) in [7, 11) is -1.63. The van der Waals surface area contributed by atoms with Gasteiger partial charge in [0.15, 0.2) is 8.32 Å². The highest BCUT2D eigenvalue weighted by Gasteiger charge is 2.24. The van der Waals surface area contributed by atoms with Crippen molar-refractivity contribution in [2.45, 2.75) is 103 Å². The first kappa shape index (κ1) is 25.2. The van der Waals surface area contributed by atoms with Crippen molar-refractivity contribution in [3.05, 3.63) is 30.3 Å². The van der Waals surface area contributed by atoms with Crippen LogP contribution in [0.4, 0.5) is 0 Å². The molecule has 0 aliphatic heterocycles. The van der Waals surface area contributed by atoms with E-state index in [1.807, 2.05) is 37.3 Å². The van der Waals surface area contributed by atoms with Crippen LogP contribution in [0, 0.1) is 0 Å². The van der Waals surface area contributed by atoms with Crippen LogP contribution in [0.1, 0.15) is 78.1 Å². The lowest BCUT2D eigenvalue weighted by atomic mass is 10.1. The van der Waals surface area contributed by atoms with E-state index in [0.717, 1.165) is 12.2 Å². The van der Waals surface area contributed by atoms with Crippen LogP contribution in [0.25, 0.3) is 0 Å². The van der Waals surface area contributed by atoms with Gasteiger partial charge in [-0.15, -0.1) is 0 Å². The summed E-state index contributed by atoms with van der Waals surface area (Å²) < 4.78 is 17.8. The first-order valence-electron chi connectivity index (χ1n) is 11.5. The van der Waals surface area contributed by atoms with Gasteiger partial charge >= 0.3 is 0 Å². The van der Waals surface area contributed by atoms with E-state index in [1.165, 1.54) is 63.8 Å². The van der Waals surface area contributed by atoms with Crippen molar-refractivity contribution in [2.75, 3.05) is 13.2 Å². The predicted octanol–water partition coefficient (Wildman–Crippen LogP) is 7.57. The third-order valence-corrected chi connectivity index (χ3v) is 7.55. The molecule has 4 heteroatoms. The maximum Gasteiger partial charge on any atom is 0.190 e. The molecule has 1 rings (SSSR count). The third-order valence-electron chi connectivity index (χ3n) is 5.02. The van der Waals surface area contributed by atoms with Crippen molar-refractivity contribution in [1.82, 2.24) is 0 Å². The van der Waals surface area contributed by atoms with E-state index >= 15 is 0 Å². The SMILES string of the molecule is CCCCCCCCCCC[Si](C)(C)OC(C)OCCCOc1ccccc1. The molecule has 0 aliphatic carbocycles. The second kappa shape index (κ2) is 16.0. The Morgan fingerprint density at radius 1 is 0.786 bits per heavy atom. The van der Waals surface area contributed by atoms with Crippen molar-refractivity contribution >= 4 is 8.32 Å². The molecule has 0 N–H and O–H groups in total. The Labute approximate surface area is 175 Å². The smallest absolute Gasteiger partial charge is 0.190 e. The molecule has 1 aromatic carbocycles. The lowest BCUT2D eigenvalue weighted by molar-refractivity contribution is -0.0751. The van der Waals surface area contributed by atoms with Gasteiger partial charge in [0.1, 0.15) is 12.0 Å². The quantitative estimate of drug-likeness (QED) is 0.142. The summed E-state index contributed by atoms with van der Waals surface area (Å²) in [6.45, 7) is 10.3. The molecule has 0 saturated carbocycles. The number of hydrogen-bond donors (Lipinski definition) is 0. The molecule has 0 aromatic heterocycles. The van der Waals surface area contributed by atoms with Crippen molar-refractivity contribution < 1.29 is 13.9 Å². The van der Waals surface area contributed by atoms with E-state index in [-0.39, 0.29) is 6.29 Å². The zero-order valence-electron chi connectivity index (χ0n) is 18.9. The van der Waals surface area contributed by atoms with Gasteiger partial charge in [0, 0.05) is 6.42 Å². The predicted molar refractivity (Wildman–Crippen MR) is 123 cm³/mol. The second-order valence-electron chi connectivity index (χ2n) is 8.41. The van der Waals surface area contributed by atoms with Gasteiger partial charge in [-0.3, -0.25) is 0 Å². The first-order chi connectivity index (χ1) is 13.5. The molecule has 3 nitrogen and oxygen atoms in total. The van der Waals surface area contributed by atoms with Gasteiger partial charge in [0.25, 0.3) is 0 Å². The molecule has 0 amide bonds. The van der Waals surface area contributed by atoms with Crippen LogP contribution in [0.3, 0.4) is 0 Å². The second-order valence-corrected chi connectivity index (χ2v) is 12.7. The van der Waals surface area contributed by atoms with Crippen molar-refractivity contribution in [2.24, 2.45) is 0 Å². The highest BCUT2D eigenvalue weighted by molar-refractivity contribution is 6.71. The molecule has 0 spiro atoms. The van der Waals surface area contributed by atoms with Gasteiger partial charge in [-0.25, -0.2) is 0 Å². The maximum atomic E-state index is 6.25. The Hall–Kier alpha value is -0.843. The van der Waals surface area contributed by atoms with Crippen LogP contribution in [0.5, 0.6) is 5.75 Å². The van der Waals surface area contributed by atoms with Crippen LogP contribution < -0.4 is 4.74 Å². The van der Waals surface area contributed by atoms with E-state index in [1.54, 1.807) is 0 Å². The van der Waals surface area contributed by atoms with Crippen LogP contribution >= 0.6 is 0 Å². The Bertz CT molecular complexity index is 464. The summed E-state index contributed by atoms with van der Waals surface area (Å²) in [5.74, 6) is 0.918. The number of unbranched alkanes of at least 4 members (excludes halogenated alkanes) is 8. The molecule has 0 radical (unpaired) electrons. The largest absolute Gasteiger partial charge is 0.494 e. The Morgan fingerprint density at radius 3 is 2.04 bits per heavy atom. The topological polar surface area (TPSA) is 27.7 Å². The molecular formula is C24H44O3Si. The Kier molecular flexibility index (Phi) is 14.4. The highest BCUT2D eigenvalue weighted by Crippen LogP contribution is 2.20. The highest BCUT2D eigenvalue weighted by atomic mass is 28.4. The van der Waals surface area contributed by atoms with E-state index in [2.05, 4.69) is 20.0 Å². The summed E-state index contributed by atoms with van der Waals surface area (Å²) >= 11 is 0. The molecule has 0 fully saturated rings. The monoisotopic (exact) mass is 408 g/mol. The first-order valence-corrected chi connectivity index (χ1v) is 14.6. The van der Waals surface area contributed by atoms with Crippen LogP contribution in [-0.4, -0.2) is 27.8 Å². The summed E-state index contributed by atoms with van der Waals surface area (Å²) in [5, 5.41) is 0. The summed E-state index contributed by atoms with van der Waals surface area (Å²) in [4.78, 5) is 0. The van der Waals surface area contributed by atoms with E-state index in [4.69, 9.17) is 13.9 Å². The average molecular weight is 409 g/mol. The third kappa shape index (κ3) is 14.2. The lowest BCUT2D eigenvalue weighted by Gasteiger charge is -2.27. The fraction of sp³-hybridized carbons (Fsp3) is 0.750. The lowest BCUT2D eigenvalue weighted by Crippen LogP contribution is -2.35. The zero-order chi connectivity index (χ0) is 20.5. The molecule has 1 aromatic rings. The normalized spacial score (nSPS) is 12.9. The minimum atomic E-state index is -1.63. The minimum Gasteiger partial charge on any atom is -0.494 e. The Morgan fingerprint density at radius 2 is 1.39 bits per heavy atom. The summed E-state index contributed by atoms with van der Waals surface area (Å²) in [5.41, 5.74) is 0. The summed E-state index contributed by atoms with van der Waals surface area (Å²) in [6, 6.07) is 11.2. The van der Waals surface area contributed by atoms with Gasteiger partial charge in [-0.1, -0.05) is 82.9 Å². The van der Waals surface area contributed by atoms with Crippen LogP contribution in [0.15, 0.2) is 30.3 Å². The molecule has 1 atom stereocenters. The number of benzene rings is 1. The average Bonchev–Trinajstić information content (AvgIpc) is 2.67. The standard InChI is InChI=1S/C24H44O3Si/c1-5-6-7-8-9-10-11-12-16-22-28(3,4)27-23(2)25-20-17-21-26-24-18-14-13-15-19-24/h13-15,18-19,23H,5-12,16-17,20-22H2,1-4H3. The fourth-order valence-electron chi connectivity index (χ4n) is 3.42. The van der Waals surface area contributed by atoms with Gasteiger partial charge < -0.3 is 13.9 Å². The number of ether oxygens (including phenoxy) is 2. The fourth-order valence-corrected chi connectivity index (χ4v) is 5.60. The molecule has 0 saturated heterocycles. The van der Waals surface area contributed by atoms with Crippen molar-refractivity contribution in [3.8, 4) is 5.75 Å². The van der Waals surface area contributed by atoms with Gasteiger partial charge in [-0.2, -0.15) is 0 Å². The van der Waals surface area contributed by atoms with Crippen molar-refractivity contribution in [3.63, 3.8) is 0 Å². The zero-order valence-corrected chi connectivity index (χ0v) is 19.9. The van der Waals surface area contributed by atoms with E-state index in [9.17, 15) is 0 Å². The molecule has 0 bridgehead atoms. The van der Waals surface area contributed by atoms with Gasteiger partial charge in [0.05, 0.1) is 13.2 Å². The molecule has 162 valence electrons. The van der Waals surface area contributed by atoms with E-state index < -0.39 is 8.32 Å². The maximum absolute atomic E-state index is 6.25.